The van der Waals surface area contributed by atoms with Gasteiger partial charge in [0.1, 0.15) is 0 Å². The second-order valence-corrected chi connectivity index (χ2v) is 2.56. The van der Waals surface area contributed by atoms with Gasteiger partial charge in [-0.25, -0.2) is 22.0 Å². The molecule has 1 atom stereocenters. The van der Waals surface area contributed by atoms with E-state index in [0.29, 0.717) is 0 Å². The summed E-state index contributed by atoms with van der Waals surface area (Å²) in [6.07, 6.45) is 0. The van der Waals surface area contributed by atoms with E-state index in [1.54, 1.807) is 0 Å². The van der Waals surface area contributed by atoms with Crippen LogP contribution in [0.2, 0.25) is 0 Å². The fourth-order valence-corrected chi connectivity index (χ4v) is 0.875. The van der Waals surface area contributed by atoms with Crippen LogP contribution in [0.1, 0.15) is 0 Å². The van der Waals surface area contributed by atoms with Gasteiger partial charge in [0.05, 0.1) is 0 Å². The van der Waals surface area contributed by atoms with Crippen LogP contribution in [0.3, 0.4) is 0 Å². The van der Waals surface area contributed by atoms with Crippen molar-refractivity contribution in [2.75, 3.05) is 0 Å². The monoisotopic (exact) mass is 378 g/mol. The zero-order valence-electron chi connectivity index (χ0n) is 6.60. The van der Waals surface area contributed by atoms with Gasteiger partial charge in [-0.1, -0.05) is 9.24 Å². The molecule has 0 amide bonds. The maximum Gasteiger partial charge on any atom is 0.200 e. The van der Waals surface area contributed by atoms with E-state index in [-0.39, 0.29) is 45.2 Å². The Kier molecular flexibility index (Phi) is 10.8. The van der Waals surface area contributed by atoms with Gasteiger partial charge in [0.25, 0.3) is 0 Å². The zero-order valence-corrected chi connectivity index (χ0v) is 10.9. The number of rotatable bonds is 0. The molecule has 1 unspecified atom stereocenters. The SMILES string of the molecule is Cl.Cl.Fc1c(F)c(F)c(P)c(F)c1F.[Pd]. The molecule has 1 rings (SSSR count). The van der Waals surface area contributed by atoms with Crippen LogP contribution in [0.5, 0.6) is 0 Å². The van der Waals surface area contributed by atoms with Gasteiger partial charge in [-0.05, 0) is 0 Å². The molecule has 9 heteroatoms. The Hall–Kier alpha value is 0.542. The molecule has 0 aliphatic carbocycles. The molecule has 0 saturated heterocycles. The molecule has 1 aromatic carbocycles. The van der Waals surface area contributed by atoms with Crippen LogP contribution in [0, 0.1) is 29.1 Å². The summed E-state index contributed by atoms with van der Waals surface area (Å²) in [4.78, 5) is 0. The molecule has 0 saturated carbocycles. The van der Waals surface area contributed by atoms with E-state index in [9.17, 15) is 22.0 Å². The average molecular weight is 379 g/mol. The van der Waals surface area contributed by atoms with Crippen LogP contribution in [0.25, 0.3) is 0 Å². The Bertz CT molecular complexity index is 244. The summed E-state index contributed by atoms with van der Waals surface area (Å²) in [6.45, 7) is 0. The topological polar surface area (TPSA) is 0 Å². The van der Waals surface area contributed by atoms with Crippen LogP contribution >= 0.6 is 34.1 Å². The van der Waals surface area contributed by atoms with Crippen LogP contribution in [0.15, 0.2) is 0 Å². The summed E-state index contributed by atoms with van der Waals surface area (Å²) < 4.78 is 61.5. The second kappa shape index (κ2) is 7.76. The Morgan fingerprint density at radius 2 is 0.800 bits per heavy atom. The first-order chi connectivity index (χ1) is 5.46. The molecule has 0 spiro atoms. The standard InChI is InChI=1S/C6H2F5P.2ClH.Pd/c7-1-2(8)4(10)6(12)5(11)3(1)9;;;/h12H2;2*1H;. The molecular weight excluding hydrogens is 375 g/mol. The summed E-state index contributed by atoms with van der Waals surface area (Å²) in [5.41, 5.74) is 0. The molecule has 92 valence electrons. The minimum absolute atomic E-state index is 0. The Morgan fingerprint density at radius 1 is 0.600 bits per heavy atom. The summed E-state index contributed by atoms with van der Waals surface area (Å²) in [7, 11) is 1.44. The van der Waals surface area contributed by atoms with Gasteiger partial charge in [0, 0.05) is 25.7 Å². The first kappa shape index (κ1) is 20.9. The predicted octanol–water partition coefficient (Wildman–Crippen LogP) is 2.72. The third-order valence-corrected chi connectivity index (χ3v) is 1.75. The molecule has 0 N–H and O–H groups in total. The molecule has 1 aromatic rings. The van der Waals surface area contributed by atoms with Crippen molar-refractivity contribution in [2.45, 2.75) is 0 Å². The van der Waals surface area contributed by atoms with E-state index >= 15 is 0 Å². The van der Waals surface area contributed by atoms with E-state index in [4.69, 9.17) is 0 Å². The normalized spacial score (nSPS) is 8.40. The van der Waals surface area contributed by atoms with Crippen molar-refractivity contribution in [3.8, 4) is 0 Å². The van der Waals surface area contributed by atoms with E-state index in [2.05, 4.69) is 0 Å². The molecule has 0 aliphatic heterocycles. The smallest absolute Gasteiger partial charge is 0.200 e. The van der Waals surface area contributed by atoms with Crippen molar-refractivity contribution in [3.05, 3.63) is 29.1 Å². The van der Waals surface area contributed by atoms with Crippen LogP contribution < -0.4 is 5.30 Å². The Balaban J connectivity index is -0.000000480. The summed E-state index contributed by atoms with van der Waals surface area (Å²) >= 11 is 0. The third-order valence-electron chi connectivity index (χ3n) is 1.24. The van der Waals surface area contributed by atoms with E-state index in [0.717, 1.165) is 0 Å². The van der Waals surface area contributed by atoms with E-state index in [1.165, 1.54) is 9.24 Å². The molecule has 0 aromatic heterocycles. The fourth-order valence-electron chi connectivity index (χ4n) is 0.622. The van der Waals surface area contributed by atoms with Gasteiger partial charge in [-0.3, -0.25) is 0 Å². The van der Waals surface area contributed by atoms with Crippen molar-refractivity contribution in [1.29, 1.82) is 0 Å². The van der Waals surface area contributed by atoms with Gasteiger partial charge in [-0.15, -0.1) is 24.8 Å². The Labute approximate surface area is 111 Å². The second-order valence-electron chi connectivity index (χ2n) is 1.98. The molecular formula is C6H4Cl2F5PPd. The van der Waals surface area contributed by atoms with Crippen LogP contribution in [-0.2, 0) is 20.4 Å². The molecule has 0 fully saturated rings. The first-order valence-electron chi connectivity index (χ1n) is 2.73. The van der Waals surface area contributed by atoms with Gasteiger partial charge in [0.2, 0.25) is 5.82 Å². The van der Waals surface area contributed by atoms with Crippen molar-refractivity contribution < 1.29 is 42.4 Å². The minimum atomic E-state index is -2.14. The van der Waals surface area contributed by atoms with Crippen molar-refractivity contribution in [2.24, 2.45) is 0 Å². The minimum Gasteiger partial charge on any atom is -0.203 e. The zero-order chi connectivity index (χ0) is 9.46. The number of benzene rings is 1. The third kappa shape index (κ3) is 3.80. The van der Waals surface area contributed by atoms with Crippen LogP contribution in [0.4, 0.5) is 22.0 Å². The van der Waals surface area contributed by atoms with E-state index < -0.39 is 34.4 Å². The predicted molar refractivity (Wildman–Crippen MR) is 50.1 cm³/mol. The molecule has 15 heavy (non-hydrogen) atoms. The number of hydrogen-bond donors (Lipinski definition) is 0. The summed E-state index contributed by atoms with van der Waals surface area (Å²) in [5, 5.41) is -0.952. The summed E-state index contributed by atoms with van der Waals surface area (Å²) in [6, 6.07) is 0. The quantitative estimate of drug-likeness (QED) is 0.214. The van der Waals surface area contributed by atoms with Gasteiger partial charge >= 0.3 is 0 Å². The summed E-state index contributed by atoms with van der Waals surface area (Å²) in [5.74, 6) is -9.65. The molecule has 0 nitrogen and oxygen atoms in total. The van der Waals surface area contributed by atoms with Gasteiger partial charge < -0.3 is 0 Å². The van der Waals surface area contributed by atoms with Gasteiger partial charge in [-0.2, -0.15) is 0 Å². The first-order valence-corrected chi connectivity index (χ1v) is 3.31. The molecule has 0 bridgehead atoms. The molecule has 0 heterocycles. The maximum absolute atomic E-state index is 12.4. The number of halogens is 7. The van der Waals surface area contributed by atoms with Crippen molar-refractivity contribution in [1.82, 2.24) is 0 Å². The van der Waals surface area contributed by atoms with Gasteiger partial charge in [0.15, 0.2) is 23.3 Å². The number of hydrogen-bond acceptors (Lipinski definition) is 0. The fraction of sp³-hybridized carbons (Fsp3) is 0. The average Bonchev–Trinajstić information content (AvgIpc) is 2.08. The van der Waals surface area contributed by atoms with E-state index in [1.807, 2.05) is 0 Å². The molecule has 0 aliphatic rings. The van der Waals surface area contributed by atoms with Crippen LogP contribution in [-0.4, -0.2) is 0 Å². The van der Waals surface area contributed by atoms with Crippen molar-refractivity contribution >= 4 is 39.4 Å². The molecule has 0 radical (unpaired) electrons. The van der Waals surface area contributed by atoms with Crippen molar-refractivity contribution in [3.63, 3.8) is 0 Å². The largest absolute Gasteiger partial charge is 0.203 e. The maximum atomic E-state index is 12.4. The Morgan fingerprint density at radius 3 is 1.07 bits per heavy atom.